The molecule has 0 aliphatic heterocycles. The van der Waals surface area contributed by atoms with Gasteiger partial charge in [0.05, 0.1) is 16.6 Å². The first kappa shape index (κ1) is 25.9. The Morgan fingerprint density at radius 2 is 1.71 bits per heavy atom. The zero-order valence-corrected chi connectivity index (χ0v) is 22.5. The Kier molecular flexibility index (Phi) is 9.26. The van der Waals surface area contributed by atoms with Gasteiger partial charge in [0.1, 0.15) is 11.5 Å². The molecule has 10 heteroatoms. The zero-order valence-electron chi connectivity index (χ0n) is 18.5. The van der Waals surface area contributed by atoms with Crippen LogP contribution < -0.4 is 25.6 Å². The summed E-state index contributed by atoms with van der Waals surface area (Å²) in [4.78, 5) is 24.9. The number of rotatable bonds is 7. The van der Waals surface area contributed by atoms with Crippen LogP contribution in [0.3, 0.4) is 0 Å². The molecule has 0 spiro atoms. The molecule has 7 nitrogen and oxygen atoms in total. The third-order valence-electron chi connectivity index (χ3n) is 4.49. The van der Waals surface area contributed by atoms with E-state index in [0.717, 1.165) is 19.7 Å². The van der Waals surface area contributed by atoms with Crippen molar-refractivity contribution in [3.05, 3.63) is 69.1 Å². The lowest BCUT2D eigenvalue weighted by Crippen LogP contribution is -2.49. The van der Waals surface area contributed by atoms with Crippen LogP contribution in [0, 0.1) is 5.92 Å². The summed E-state index contributed by atoms with van der Waals surface area (Å²) in [5, 5.41) is 4.49. The first-order valence-electron chi connectivity index (χ1n) is 10.4. The minimum Gasteiger partial charge on any atom is -0.492 e. The standard InChI is InChI=1S/C24H23Br2N3O4S/c1-14(2)12-32-19-10-8-16(25)11-18(19)23(31)27-24(34)29-28-21(30)13-33-20-9-7-15-5-3-4-6-17(15)22(20)26/h3-11,14H,12-13H2,1-2H3,(H,28,30)(H2,27,29,31,34). The van der Waals surface area contributed by atoms with E-state index in [4.69, 9.17) is 21.7 Å². The van der Waals surface area contributed by atoms with Crippen LogP contribution in [0.4, 0.5) is 0 Å². The highest BCUT2D eigenvalue weighted by molar-refractivity contribution is 9.11. The molecular weight excluding hydrogens is 586 g/mol. The van der Waals surface area contributed by atoms with E-state index >= 15 is 0 Å². The predicted octanol–water partition coefficient (Wildman–Crippen LogP) is 5.11. The van der Waals surface area contributed by atoms with Crippen LogP contribution in [0.2, 0.25) is 0 Å². The topological polar surface area (TPSA) is 88.7 Å². The number of fused-ring (bicyclic) bond motifs is 1. The van der Waals surface area contributed by atoms with Crippen LogP contribution >= 0.6 is 44.1 Å². The number of carbonyl (C=O) groups is 2. The molecule has 0 unspecified atom stereocenters. The second-order valence-corrected chi connectivity index (χ2v) is 9.81. The summed E-state index contributed by atoms with van der Waals surface area (Å²) in [6.07, 6.45) is 0. The van der Waals surface area contributed by atoms with Gasteiger partial charge in [-0.05, 0) is 69.1 Å². The fourth-order valence-corrected chi connectivity index (χ4v) is 4.01. The van der Waals surface area contributed by atoms with E-state index < -0.39 is 11.8 Å². The molecule has 34 heavy (non-hydrogen) atoms. The van der Waals surface area contributed by atoms with Gasteiger partial charge in [-0.15, -0.1) is 0 Å². The number of benzene rings is 3. The Morgan fingerprint density at radius 3 is 2.47 bits per heavy atom. The first-order valence-corrected chi connectivity index (χ1v) is 12.4. The van der Waals surface area contributed by atoms with E-state index in [1.807, 2.05) is 44.2 Å². The quantitative estimate of drug-likeness (QED) is 0.255. The third-order valence-corrected chi connectivity index (χ3v) is 6.00. The minimum atomic E-state index is -0.472. The second-order valence-electron chi connectivity index (χ2n) is 7.69. The summed E-state index contributed by atoms with van der Waals surface area (Å²) >= 11 is 12.0. The van der Waals surface area contributed by atoms with Gasteiger partial charge in [-0.25, -0.2) is 0 Å². The first-order chi connectivity index (χ1) is 16.2. The lowest BCUT2D eigenvalue weighted by atomic mass is 10.1. The molecule has 3 aromatic rings. The minimum absolute atomic E-state index is 0.0694. The summed E-state index contributed by atoms with van der Waals surface area (Å²) in [5.74, 6) is 0.335. The highest BCUT2D eigenvalue weighted by Crippen LogP contribution is 2.33. The van der Waals surface area contributed by atoms with E-state index in [9.17, 15) is 9.59 Å². The molecule has 0 fully saturated rings. The van der Waals surface area contributed by atoms with Crippen molar-refractivity contribution in [1.29, 1.82) is 0 Å². The van der Waals surface area contributed by atoms with Crippen LogP contribution in [-0.2, 0) is 4.79 Å². The van der Waals surface area contributed by atoms with Crippen molar-refractivity contribution in [2.75, 3.05) is 13.2 Å². The van der Waals surface area contributed by atoms with Gasteiger partial charge in [0.2, 0.25) is 0 Å². The van der Waals surface area contributed by atoms with Gasteiger partial charge in [-0.1, -0.05) is 60.1 Å². The number of ether oxygens (including phenoxy) is 2. The number of hydrogen-bond donors (Lipinski definition) is 3. The van der Waals surface area contributed by atoms with Gasteiger partial charge in [0.25, 0.3) is 11.8 Å². The summed E-state index contributed by atoms with van der Waals surface area (Å²) in [6.45, 7) is 4.25. The maximum atomic E-state index is 12.7. The van der Waals surface area contributed by atoms with Crippen molar-refractivity contribution >= 4 is 71.8 Å². The SMILES string of the molecule is CC(C)COc1ccc(Br)cc1C(=O)NC(=S)NNC(=O)COc1ccc2ccccc2c1Br. The molecule has 0 saturated heterocycles. The number of hydrogen-bond acceptors (Lipinski definition) is 5. The number of nitrogens with one attached hydrogen (secondary N) is 3. The maximum Gasteiger partial charge on any atom is 0.276 e. The van der Waals surface area contributed by atoms with Crippen molar-refractivity contribution < 1.29 is 19.1 Å². The lowest BCUT2D eigenvalue weighted by molar-refractivity contribution is -0.123. The number of thiocarbonyl (C=S) groups is 1. The molecule has 0 saturated carbocycles. The lowest BCUT2D eigenvalue weighted by Gasteiger charge is -2.15. The molecule has 3 N–H and O–H groups in total. The van der Waals surface area contributed by atoms with Crippen molar-refractivity contribution in [2.24, 2.45) is 5.92 Å². The average molecular weight is 609 g/mol. The summed E-state index contributed by atoms with van der Waals surface area (Å²) in [5.41, 5.74) is 5.22. The number of halogens is 2. The van der Waals surface area contributed by atoms with E-state index in [1.165, 1.54) is 0 Å². The van der Waals surface area contributed by atoms with E-state index in [0.29, 0.717) is 29.6 Å². The molecule has 2 amide bonds. The largest absolute Gasteiger partial charge is 0.492 e. The molecule has 0 heterocycles. The highest BCUT2D eigenvalue weighted by atomic mass is 79.9. The van der Waals surface area contributed by atoms with Crippen molar-refractivity contribution in [2.45, 2.75) is 13.8 Å². The highest BCUT2D eigenvalue weighted by Gasteiger charge is 2.16. The Bertz CT molecular complexity index is 1220. The summed E-state index contributed by atoms with van der Waals surface area (Å²) < 4.78 is 12.8. The summed E-state index contributed by atoms with van der Waals surface area (Å²) in [6, 6.07) is 16.7. The van der Waals surface area contributed by atoms with Crippen LogP contribution in [0.15, 0.2) is 63.5 Å². The Labute approximate surface area is 219 Å². The Balaban J connectivity index is 1.51. The van der Waals surface area contributed by atoms with Crippen molar-refractivity contribution in [1.82, 2.24) is 16.2 Å². The van der Waals surface area contributed by atoms with Crippen LogP contribution in [-0.4, -0.2) is 30.1 Å². The normalized spacial score (nSPS) is 10.6. The summed E-state index contributed by atoms with van der Waals surface area (Å²) in [7, 11) is 0. The van der Waals surface area contributed by atoms with Gasteiger partial charge in [0.15, 0.2) is 11.7 Å². The molecular formula is C24H23Br2N3O4S. The molecule has 178 valence electrons. The maximum absolute atomic E-state index is 12.7. The van der Waals surface area contributed by atoms with E-state index in [1.54, 1.807) is 24.3 Å². The smallest absolute Gasteiger partial charge is 0.276 e. The molecule has 0 aliphatic rings. The third kappa shape index (κ3) is 7.15. The van der Waals surface area contributed by atoms with Gasteiger partial charge in [-0.3, -0.25) is 25.8 Å². The Morgan fingerprint density at radius 1 is 0.971 bits per heavy atom. The van der Waals surface area contributed by atoms with Gasteiger partial charge in [0, 0.05) is 4.47 Å². The fraction of sp³-hybridized carbons (Fsp3) is 0.208. The Hall–Kier alpha value is -2.69. The van der Waals surface area contributed by atoms with E-state index in [-0.39, 0.29) is 11.7 Å². The van der Waals surface area contributed by atoms with Crippen molar-refractivity contribution in [3.8, 4) is 11.5 Å². The molecule has 0 aromatic heterocycles. The molecule has 0 atom stereocenters. The number of hydrazine groups is 1. The van der Waals surface area contributed by atoms with Gasteiger partial charge >= 0.3 is 0 Å². The van der Waals surface area contributed by atoms with Crippen LogP contribution in [0.1, 0.15) is 24.2 Å². The van der Waals surface area contributed by atoms with Gasteiger partial charge in [-0.2, -0.15) is 0 Å². The predicted molar refractivity (Wildman–Crippen MR) is 143 cm³/mol. The number of carbonyl (C=O) groups excluding carboxylic acids is 2. The van der Waals surface area contributed by atoms with Crippen molar-refractivity contribution in [3.63, 3.8) is 0 Å². The second kappa shape index (κ2) is 12.1. The molecule has 0 radical (unpaired) electrons. The van der Waals surface area contributed by atoms with Gasteiger partial charge < -0.3 is 9.47 Å². The number of amides is 2. The molecule has 3 rings (SSSR count). The molecule has 0 bridgehead atoms. The average Bonchev–Trinajstić information content (AvgIpc) is 2.81. The molecule has 3 aromatic carbocycles. The monoisotopic (exact) mass is 607 g/mol. The fourth-order valence-electron chi connectivity index (χ4n) is 2.89. The van der Waals surface area contributed by atoms with Crippen LogP contribution in [0.5, 0.6) is 11.5 Å². The molecule has 0 aliphatic carbocycles. The zero-order chi connectivity index (χ0) is 24.7. The van der Waals surface area contributed by atoms with Crippen LogP contribution in [0.25, 0.3) is 10.8 Å². The van der Waals surface area contributed by atoms with E-state index in [2.05, 4.69) is 48.0 Å².